The normalized spacial score (nSPS) is 25.0. The second-order valence-electron chi connectivity index (χ2n) is 8.68. The van der Waals surface area contributed by atoms with Crippen molar-refractivity contribution in [1.82, 2.24) is 4.90 Å². The third kappa shape index (κ3) is 3.91. The number of hydrogen-bond donors (Lipinski definition) is 0. The molecule has 2 aromatic rings. The molecule has 3 aliphatic rings. The van der Waals surface area contributed by atoms with Crippen molar-refractivity contribution in [3.63, 3.8) is 0 Å². The van der Waals surface area contributed by atoms with E-state index in [2.05, 4.69) is 34.9 Å². The molecule has 1 saturated carbocycles. The van der Waals surface area contributed by atoms with Crippen molar-refractivity contribution in [3.05, 3.63) is 48.0 Å². The highest BCUT2D eigenvalue weighted by Gasteiger charge is 2.47. The molecule has 6 heteroatoms. The van der Waals surface area contributed by atoms with E-state index in [0.717, 1.165) is 55.4 Å². The standard InChI is InChI=1S/C25H30N2O4/c1-17-9-10-26(21-5-3-4-6-22(21)29-2)11-12-27(17)25(28)20-16-19(20)18-7-8-23-24(15-18)31-14-13-30-23/h3-8,15,17,19-20H,9-14,16H2,1-2H3/t17-,19+,20+/m0/s1. The predicted molar refractivity (Wildman–Crippen MR) is 119 cm³/mol. The second kappa shape index (κ2) is 8.33. The summed E-state index contributed by atoms with van der Waals surface area (Å²) in [6.07, 6.45) is 1.86. The molecule has 5 rings (SSSR count). The molecule has 31 heavy (non-hydrogen) atoms. The zero-order valence-electron chi connectivity index (χ0n) is 18.3. The monoisotopic (exact) mass is 422 g/mol. The number of hydrogen-bond acceptors (Lipinski definition) is 5. The smallest absolute Gasteiger partial charge is 0.226 e. The maximum atomic E-state index is 13.4. The molecular formula is C25H30N2O4. The number of fused-ring (bicyclic) bond motifs is 1. The Kier molecular flexibility index (Phi) is 5.38. The number of nitrogens with zero attached hydrogens (tertiary/aromatic N) is 2. The minimum Gasteiger partial charge on any atom is -0.495 e. The van der Waals surface area contributed by atoms with E-state index in [1.165, 1.54) is 5.56 Å². The van der Waals surface area contributed by atoms with Crippen LogP contribution in [-0.2, 0) is 4.79 Å². The molecule has 0 unspecified atom stereocenters. The van der Waals surface area contributed by atoms with Gasteiger partial charge < -0.3 is 24.0 Å². The van der Waals surface area contributed by atoms with Gasteiger partial charge in [-0.3, -0.25) is 4.79 Å². The maximum Gasteiger partial charge on any atom is 0.226 e. The van der Waals surface area contributed by atoms with Crippen molar-refractivity contribution in [2.75, 3.05) is 44.9 Å². The molecule has 2 aliphatic heterocycles. The second-order valence-corrected chi connectivity index (χ2v) is 8.68. The molecule has 1 aliphatic carbocycles. The van der Waals surface area contributed by atoms with E-state index in [9.17, 15) is 4.79 Å². The van der Waals surface area contributed by atoms with Crippen molar-refractivity contribution in [1.29, 1.82) is 0 Å². The van der Waals surface area contributed by atoms with Gasteiger partial charge in [-0.05, 0) is 55.5 Å². The van der Waals surface area contributed by atoms with E-state index < -0.39 is 0 Å². The van der Waals surface area contributed by atoms with Gasteiger partial charge in [-0.1, -0.05) is 18.2 Å². The molecule has 0 spiro atoms. The lowest BCUT2D eigenvalue weighted by molar-refractivity contribution is -0.134. The summed E-state index contributed by atoms with van der Waals surface area (Å²) < 4.78 is 16.9. The Labute approximate surface area is 183 Å². The Hall–Kier alpha value is -2.89. The molecule has 2 heterocycles. The maximum absolute atomic E-state index is 13.4. The lowest BCUT2D eigenvalue weighted by Gasteiger charge is -2.27. The Morgan fingerprint density at radius 1 is 1.03 bits per heavy atom. The van der Waals surface area contributed by atoms with Gasteiger partial charge in [-0.15, -0.1) is 0 Å². The van der Waals surface area contributed by atoms with Crippen LogP contribution in [0.15, 0.2) is 42.5 Å². The van der Waals surface area contributed by atoms with Gasteiger partial charge in [0.2, 0.25) is 5.91 Å². The number of benzene rings is 2. The molecule has 0 radical (unpaired) electrons. The first kappa shape index (κ1) is 20.0. The van der Waals surface area contributed by atoms with E-state index in [4.69, 9.17) is 14.2 Å². The van der Waals surface area contributed by atoms with Crippen molar-refractivity contribution < 1.29 is 19.0 Å². The molecule has 2 fully saturated rings. The SMILES string of the molecule is COc1ccccc1N1CC[C@H](C)N(C(=O)[C@@H]2C[C@@H]2c2ccc3c(c2)OCCO3)CC1. The van der Waals surface area contributed by atoms with Crippen molar-refractivity contribution >= 4 is 11.6 Å². The number of methoxy groups -OCH3 is 1. The van der Waals surface area contributed by atoms with Gasteiger partial charge in [0.25, 0.3) is 0 Å². The molecule has 0 N–H and O–H groups in total. The van der Waals surface area contributed by atoms with E-state index in [-0.39, 0.29) is 23.8 Å². The third-order valence-electron chi connectivity index (χ3n) is 6.77. The van der Waals surface area contributed by atoms with Crippen molar-refractivity contribution in [2.24, 2.45) is 5.92 Å². The van der Waals surface area contributed by atoms with Crippen LogP contribution < -0.4 is 19.1 Å². The summed E-state index contributed by atoms with van der Waals surface area (Å²) >= 11 is 0. The first-order chi connectivity index (χ1) is 15.2. The van der Waals surface area contributed by atoms with Crippen LogP contribution >= 0.6 is 0 Å². The van der Waals surface area contributed by atoms with E-state index in [1.807, 2.05) is 24.3 Å². The first-order valence-corrected chi connectivity index (χ1v) is 11.2. The van der Waals surface area contributed by atoms with E-state index >= 15 is 0 Å². The summed E-state index contributed by atoms with van der Waals surface area (Å²) in [5.74, 6) is 3.13. The molecule has 164 valence electrons. The lowest BCUT2D eigenvalue weighted by Crippen LogP contribution is -2.41. The molecule has 0 bridgehead atoms. The van der Waals surface area contributed by atoms with Gasteiger partial charge in [0.15, 0.2) is 11.5 Å². The summed E-state index contributed by atoms with van der Waals surface area (Å²) in [5, 5.41) is 0. The fourth-order valence-corrected chi connectivity index (χ4v) is 4.86. The molecular weight excluding hydrogens is 392 g/mol. The van der Waals surface area contributed by atoms with Crippen LogP contribution in [0.2, 0.25) is 0 Å². The van der Waals surface area contributed by atoms with Crippen LogP contribution in [0.25, 0.3) is 0 Å². The van der Waals surface area contributed by atoms with Crippen LogP contribution in [0.1, 0.15) is 31.2 Å². The fraction of sp³-hybridized carbons (Fsp3) is 0.480. The van der Waals surface area contributed by atoms with Crippen LogP contribution in [0, 0.1) is 5.92 Å². The number of rotatable bonds is 4. The summed E-state index contributed by atoms with van der Waals surface area (Å²) in [5.41, 5.74) is 2.28. The Morgan fingerprint density at radius 2 is 1.84 bits per heavy atom. The highest BCUT2D eigenvalue weighted by molar-refractivity contribution is 5.83. The Morgan fingerprint density at radius 3 is 2.68 bits per heavy atom. The summed E-state index contributed by atoms with van der Waals surface area (Å²) in [4.78, 5) is 17.8. The average Bonchev–Trinajstić information content (AvgIpc) is 3.63. The number of ether oxygens (including phenoxy) is 3. The molecule has 3 atom stereocenters. The number of amides is 1. The first-order valence-electron chi connectivity index (χ1n) is 11.2. The number of carbonyl (C=O) groups is 1. The van der Waals surface area contributed by atoms with Gasteiger partial charge in [-0.2, -0.15) is 0 Å². The van der Waals surface area contributed by atoms with Gasteiger partial charge in [0, 0.05) is 31.6 Å². The quantitative estimate of drug-likeness (QED) is 0.752. The lowest BCUT2D eigenvalue weighted by atomic mass is 10.1. The predicted octanol–water partition coefficient (Wildman–Crippen LogP) is 3.70. The topological polar surface area (TPSA) is 51.2 Å². The van der Waals surface area contributed by atoms with Crippen molar-refractivity contribution in [2.45, 2.75) is 31.7 Å². The molecule has 6 nitrogen and oxygen atoms in total. The van der Waals surface area contributed by atoms with E-state index in [0.29, 0.717) is 13.2 Å². The molecule has 2 aromatic carbocycles. The number of para-hydroxylation sites is 2. The van der Waals surface area contributed by atoms with Crippen LogP contribution in [-0.4, -0.2) is 56.8 Å². The average molecular weight is 423 g/mol. The minimum absolute atomic E-state index is 0.0721. The largest absolute Gasteiger partial charge is 0.495 e. The Bertz CT molecular complexity index is 962. The highest BCUT2D eigenvalue weighted by Crippen LogP contribution is 2.50. The zero-order chi connectivity index (χ0) is 21.4. The third-order valence-corrected chi connectivity index (χ3v) is 6.77. The summed E-state index contributed by atoms with van der Waals surface area (Å²) in [6.45, 7) is 5.82. The van der Waals surface area contributed by atoms with Crippen molar-refractivity contribution in [3.8, 4) is 17.2 Å². The zero-order valence-corrected chi connectivity index (χ0v) is 18.3. The summed E-state index contributed by atoms with van der Waals surface area (Å²) in [7, 11) is 1.71. The van der Waals surface area contributed by atoms with E-state index in [1.54, 1.807) is 7.11 Å². The van der Waals surface area contributed by atoms with Gasteiger partial charge in [-0.25, -0.2) is 0 Å². The highest BCUT2D eigenvalue weighted by atomic mass is 16.6. The van der Waals surface area contributed by atoms with Gasteiger partial charge >= 0.3 is 0 Å². The number of anilines is 1. The van der Waals surface area contributed by atoms with Gasteiger partial charge in [0.05, 0.1) is 12.8 Å². The fourth-order valence-electron chi connectivity index (χ4n) is 4.86. The number of carbonyl (C=O) groups excluding carboxylic acids is 1. The van der Waals surface area contributed by atoms with Gasteiger partial charge in [0.1, 0.15) is 19.0 Å². The Balaban J connectivity index is 1.26. The molecule has 1 amide bonds. The molecule has 0 aromatic heterocycles. The van der Waals surface area contributed by atoms with Crippen LogP contribution in [0.4, 0.5) is 5.69 Å². The van der Waals surface area contributed by atoms with Crippen LogP contribution in [0.3, 0.4) is 0 Å². The molecule has 1 saturated heterocycles. The minimum atomic E-state index is 0.0721. The summed E-state index contributed by atoms with van der Waals surface area (Å²) in [6, 6.07) is 14.5. The van der Waals surface area contributed by atoms with Crippen LogP contribution in [0.5, 0.6) is 17.2 Å².